The number of nitrogens with zero attached hydrogens (tertiary/aromatic N) is 4. The van der Waals surface area contributed by atoms with Crippen molar-refractivity contribution in [2.24, 2.45) is 11.8 Å². The fourth-order valence-corrected chi connectivity index (χ4v) is 9.58. The summed E-state index contributed by atoms with van der Waals surface area (Å²) in [4.78, 5) is 52.1. The van der Waals surface area contributed by atoms with E-state index in [1.807, 2.05) is 17.7 Å². The number of benzene rings is 2. The van der Waals surface area contributed by atoms with Gasteiger partial charge in [-0.3, -0.25) is 18.9 Å². The predicted molar refractivity (Wildman–Crippen MR) is 230 cm³/mol. The van der Waals surface area contributed by atoms with E-state index < -0.39 is 18.8 Å². The second kappa shape index (κ2) is 23.7. The van der Waals surface area contributed by atoms with Gasteiger partial charge in [0, 0.05) is 61.4 Å². The lowest BCUT2D eigenvalue weighted by atomic mass is 10.1. The summed E-state index contributed by atoms with van der Waals surface area (Å²) in [5.41, 5.74) is -4.56. The third-order valence-corrected chi connectivity index (χ3v) is 13.9. The van der Waals surface area contributed by atoms with Gasteiger partial charge in [0.05, 0.1) is 23.9 Å². The Hall–Kier alpha value is -3.95. The number of nitrogens with one attached hydrogen (secondary N) is 1. The van der Waals surface area contributed by atoms with Gasteiger partial charge in [0.15, 0.2) is 5.12 Å². The summed E-state index contributed by atoms with van der Waals surface area (Å²) < 4.78 is 58.0. The Labute approximate surface area is 353 Å². The minimum absolute atomic E-state index is 0.0289. The molecular weight excluding hydrogens is 820 g/mol. The second-order valence-corrected chi connectivity index (χ2v) is 18.9. The van der Waals surface area contributed by atoms with Crippen LogP contribution in [0, 0.1) is 11.8 Å². The van der Waals surface area contributed by atoms with Crippen molar-refractivity contribution in [2.75, 3.05) is 52.6 Å². The average molecular weight is 876 g/mol. The number of para-hydroxylation sites is 1. The van der Waals surface area contributed by atoms with Gasteiger partial charge in [-0.05, 0) is 99.8 Å². The van der Waals surface area contributed by atoms with Crippen molar-refractivity contribution in [2.45, 2.75) is 70.5 Å². The highest BCUT2D eigenvalue weighted by atomic mass is 32.2. The minimum atomic E-state index is -5.07. The highest BCUT2D eigenvalue weighted by molar-refractivity contribution is 8.13. The zero-order valence-corrected chi connectivity index (χ0v) is 36.7. The number of aromatic nitrogens is 2. The van der Waals surface area contributed by atoms with Crippen LogP contribution in [0.1, 0.15) is 80.1 Å². The number of thioether (sulfide) groups is 1. The maximum Gasteiger partial charge on any atom is 0.453 e. The molecule has 0 radical (unpaired) electrons. The molecule has 1 saturated carbocycles. The fraction of sp³-hybridized carbons (Fsp3) is 0.500. The number of halogens is 2. The van der Waals surface area contributed by atoms with Gasteiger partial charge in [-0.1, -0.05) is 49.9 Å². The average Bonchev–Trinajstić information content (AvgIpc) is 3.68. The molecule has 59 heavy (non-hydrogen) atoms. The number of amides is 2. The molecule has 2 aliphatic heterocycles. The van der Waals surface area contributed by atoms with E-state index in [-0.39, 0.29) is 29.1 Å². The summed E-state index contributed by atoms with van der Waals surface area (Å²) in [5, 5.41) is 2.81. The SMILES string of the molecule is CC1CC1CCC=O.CCCC(=O)SCCOP(=O)(Oc1ccccc1)C(F)(F)c1ccc2sc(C(=O)NC)cc2c1.CN1CCCC1.O=CN1CC(n2ccnc2)C1. The first-order chi connectivity index (χ1) is 28.3. The number of carbonyl (C=O) groups excluding carboxylic acids is 4. The third kappa shape index (κ3) is 14.6. The smallest absolute Gasteiger partial charge is 0.420 e. The number of rotatable bonds is 16. The van der Waals surface area contributed by atoms with E-state index in [0.717, 1.165) is 79.6 Å². The largest absolute Gasteiger partial charge is 0.453 e. The van der Waals surface area contributed by atoms with E-state index in [2.05, 4.69) is 29.2 Å². The molecule has 17 heteroatoms. The van der Waals surface area contributed by atoms with Gasteiger partial charge in [-0.15, -0.1) is 11.3 Å². The molecule has 1 N–H and O–H groups in total. The second-order valence-electron chi connectivity index (χ2n) is 14.6. The molecule has 2 saturated heterocycles. The van der Waals surface area contributed by atoms with Crippen molar-refractivity contribution in [3.05, 3.63) is 83.8 Å². The lowest BCUT2D eigenvalue weighted by Crippen LogP contribution is -2.46. The van der Waals surface area contributed by atoms with Crippen molar-refractivity contribution in [1.29, 1.82) is 0 Å². The molecule has 322 valence electrons. The van der Waals surface area contributed by atoms with Crippen LogP contribution in [0.2, 0.25) is 0 Å². The van der Waals surface area contributed by atoms with Crippen molar-refractivity contribution in [3.63, 3.8) is 0 Å². The molecule has 4 aromatic rings. The quantitative estimate of drug-likeness (QED) is 0.0660. The Morgan fingerprint density at radius 2 is 1.81 bits per heavy atom. The molecule has 3 fully saturated rings. The lowest BCUT2D eigenvalue weighted by molar-refractivity contribution is -0.123. The van der Waals surface area contributed by atoms with Crippen LogP contribution in [-0.2, 0) is 29.1 Å². The van der Waals surface area contributed by atoms with Crippen LogP contribution in [0.3, 0.4) is 0 Å². The number of aldehydes is 1. The summed E-state index contributed by atoms with van der Waals surface area (Å²) in [6, 6.07) is 13.3. The van der Waals surface area contributed by atoms with Gasteiger partial charge in [0.2, 0.25) is 6.41 Å². The number of alkyl halides is 2. The van der Waals surface area contributed by atoms with Crippen LogP contribution in [0.15, 0.2) is 73.3 Å². The van der Waals surface area contributed by atoms with Crippen LogP contribution in [-0.4, -0.2) is 95.7 Å². The zero-order chi connectivity index (χ0) is 42.8. The van der Waals surface area contributed by atoms with E-state index in [1.165, 1.54) is 69.7 Å². The maximum absolute atomic E-state index is 15.7. The predicted octanol–water partition coefficient (Wildman–Crippen LogP) is 8.89. The molecular formula is C42H56F2N5O7PS2. The zero-order valence-electron chi connectivity index (χ0n) is 34.2. The number of imidazole rings is 1. The number of carbonyl (C=O) groups is 4. The van der Waals surface area contributed by atoms with Crippen LogP contribution in [0.25, 0.3) is 10.1 Å². The van der Waals surface area contributed by atoms with Crippen LogP contribution < -0.4 is 9.84 Å². The van der Waals surface area contributed by atoms with E-state index in [9.17, 15) is 23.7 Å². The molecule has 12 nitrogen and oxygen atoms in total. The number of hydrogen-bond acceptors (Lipinski definition) is 11. The summed E-state index contributed by atoms with van der Waals surface area (Å²) in [5.74, 6) is 1.51. The van der Waals surface area contributed by atoms with Gasteiger partial charge >= 0.3 is 13.3 Å². The van der Waals surface area contributed by atoms with Crippen molar-refractivity contribution < 1.29 is 41.6 Å². The van der Waals surface area contributed by atoms with Gasteiger partial charge in [0.25, 0.3) is 5.91 Å². The van der Waals surface area contributed by atoms with Crippen molar-refractivity contribution in [1.82, 2.24) is 24.7 Å². The maximum atomic E-state index is 15.7. The molecule has 7 rings (SSSR count). The summed E-state index contributed by atoms with van der Waals surface area (Å²) >= 11 is 2.10. The Morgan fingerprint density at radius 3 is 2.37 bits per heavy atom. The fourth-order valence-electron chi connectivity index (χ4n) is 6.20. The van der Waals surface area contributed by atoms with E-state index in [0.29, 0.717) is 33.8 Å². The molecule has 1 aliphatic carbocycles. The normalized spacial score (nSPS) is 18.4. The van der Waals surface area contributed by atoms with Gasteiger partial charge < -0.3 is 29.0 Å². The lowest BCUT2D eigenvalue weighted by Gasteiger charge is -2.36. The van der Waals surface area contributed by atoms with Crippen molar-refractivity contribution in [3.8, 4) is 5.75 Å². The molecule has 2 aromatic heterocycles. The minimum Gasteiger partial charge on any atom is -0.420 e. The first-order valence-electron chi connectivity index (χ1n) is 19.9. The van der Waals surface area contributed by atoms with E-state index in [4.69, 9.17) is 9.05 Å². The summed E-state index contributed by atoms with van der Waals surface area (Å²) in [7, 11) is -1.42. The van der Waals surface area contributed by atoms with Crippen LogP contribution in [0.4, 0.5) is 8.78 Å². The standard InChI is InChI=1S/C23H24F2NO5PS2.C7H9N3O.C7H12O.C5H11N/c1-3-7-21(27)33-13-12-30-32(29,31-18-8-5-4-6-9-18)23(24,25)17-10-11-19-16(14-17)15-20(34-19)22(28)26-2;11-6-9-3-7(4-9)10-2-1-8-5-10;1-6-5-7(6)3-2-4-8;1-6-4-2-3-5-6/h4-6,8-11,14-15H,3,7,12-13H2,1-2H3,(H,26,28);1-2,5-7H,3-4H2;4,6-7H,2-3,5H2,1H3;2-5H2,1H3. The van der Waals surface area contributed by atoms with E-state index >= 15 is 8.78 Å². The first kappa shape index (κ1) is 47.7. The number of hydrogen-bond donors (Lipinski definition) is 1. The highest BCUT2D eigenvalue weighted by Gasteiger charge is 2.56. The summed E-state index contributed by atoms with van der Waals surface area (Å²) in [6.07, 6.45) is 14.5. The highest BCUT2D eigenvalue weighted by Crippen LogP contribution is 2.66. The van der Waals surface area contributed by atoms with Crippen molar-refractivity contribution >= 4 is 64.5 Å². The Balaban J connectivity index is 0.000000243. The number of likely N-dealkylation sites (tertiary alicyclic amines) is 2. The van der Waals surface area contributed by atoms with Crippen LogP contribution >= 0.6 is 30.7 Å². The topological polar surface area (TPSA) is 140 Å². The molecule has 4 heterocycles. The third-order valence-electron chi connectivity index (χ3n) is 9.94. The number of thiophene rings is 1. The monoisotopic (exact) mass is 875 g/mol. The number of fused-ring (bicyclic) bond motifs is 1. The van der Waals surface area contributed by atoms with Crippen LogP contribution in [0.5, 0.6) is 5.75 Å². The van der Waals surface area contributed by atoms with Gasteiger partial charge in [-0.2, -0.15) is 8.78 Å². The molecule has 0 spiro atoms. The van der Waals surface area contributed by atoms with Gasteiger partial charge in [0.1, 0.15) is 12.0 Å². The Kier molecular flexibility index (Phi) is 19.2. The molecule has 3 aliphatic rings. The summed E-state index contributed by atoms with van der Waals surface area (Å²) in [6.45, 7) is 8.02. The van der Waals surface area contributed by atoms with Gasteiger partial charge in [-0.25, -0.2) is 9.55 Å². The molecule has 2 amide bonds. The Bertz CT molecular complexity index is 1960. The molecule has 3 unspecified atom stereocenters. The first-order valence-corrected chi connectivity index (χ1v) is 23.3. The molecule has 0 bridgehead atoms. The molecule has 3 atom stereocenters. The Morgan fingerprint density at radius 1 is 1.10 bits per heavy atom. The van der Waals surface area contributed by atoms with E-state index in [1.54, 1.807) is 35.6 Å². The molecule has 2 aromatic carbocycles.